The average Bonchev–Trinajstić information content (AvgIpc) is 2.77. The van der Waals surface area contributed by atoms with Gasteiger partial charge in [-0.15, -0.1) is 0 Å². The minimum Gasteiger partial charge on any atom is -0.493 e. The van der Waals surface area contributed by atoms with Gasteiger partial charge in [0, 0.05) is 18.1 Å². The van der Waals surface area contributed by atoms with E-state index in [-0.39, 0.29) is 0 Å². The third-order valence-corrected chi connectivity index (χ3v) is 4.81. The third kappa shape index (κ3) is 5.28. The quantitative estimate of drug-likeness (QED) is 0.577. The van der Waals surface area contributed by atoms with Gasteiger partial charge in [0.2, 0.25) is 0 Å². The zero-order chi connectivity index (χ0) is 20.6. The van der Waals surface area contributed by atoms with E-state index in [1.54, 1.807) is 26.4 Å². The van der Waals surface area contributed by atoms with Gasteiger partial charge in [0.05, 0.1) is 26.4 Å². The molecule has 3 rings (SSSR count). The molecule has 0 fully saturated rings. The number of ether oxygens (including phenoxy) is 3. The molecule has 5 heteroatoms. The Morgan fingerprint density at radius 3 is 1.93 bits per heavy atom. The van der Waals surface area contributed by atoms with Crippen molar-refractivity contribution in [2.75, 3.05) is 14.2 Å². The fourth-order valence-electron chi connectivity index (χ4n) is 3.19. The first kappa shape index (κ1) is 20.7. The van der Waals surface area contributed by atoms with Crippen LogP contribution in [0.3, 0.4) is 0 Å². The molecule has 0 saturated carbocycles. The van der Waals surface area contributed by atoms with E-state index in [1.165, 1.54) is 0 Å². The highest BCUT2D eigenvalue weighted by molar-refractivity contribution is 5.52. The summed E-state index contributed by atoms with van der Waals surface area (Å²) in [4.78, 5) is 0. The number of aliphatic hydroxyl groups is 1. The topological polar surface area (TPSA) is 73.9 Å². The van der Waals surface area contributed by atoms with Gasteiger partial charge in [-0.05, 0) is 17.2 Å². The number of hydrogen-bond acceptors (Lipinski definition) is 5. The summed E-state index contributed by atoms with van der Waals surface area (Å²) in [6.45, 7) is 0.380. The number of aliphatic hydroxyl groups excluding tert-OH is 1. The summed E-state index contributed by atoms with van der Waals surface area (Å²) < 4.78 is 16.9. The highest BCUT2D eigenvalue weighted by Crippen LogP contribution is 2.38. The lowest BCUT2D eigenvalue weighted by molar-refractivity contribution is 0.142. The maximum atomic E-state index is 10.8. The Kier molecular flexibility index (Phi) is 7.11. The SMILES string of the molecule is COc1cc(OCc2ccccc2)c([C@@H](N)[C@@H](O)Cc2ccccc2)cc1OC. The standard InChI is InChI=1S/C24H27NO4/c1-27-22-14-19(24(25)20(26)13-17-9-5-3-6-10-17)21(15-23(22)28-2)29-16-18-11-7-4-8-12-18/h3-12,14-15,20,24,26H,13,16,25H2,1-2H3/t20-,24+/m0/s1. The maximum Gasteiger partial charge on any atom is 0.164 e. The van der Waals surface area contributed by atoms with Crippen LogP contribution in [0.4, 0.5) is 0 Å². The van der Waals surface area contributed by atoms with Crippen LogP contribution < -0.4 is 19.9 Å². The molecule has 0 amide bonds. The monoisotopic (exact) mass is 393 g/mol. The second kappa shape index (κ2) is 9.96. The van der Waals surface area contributed by atoms with Crippen LogP contribution in [0.1, 0.15) is 22.7 Å². The molecule has 0 heterocycles. The Balaban J connectivity index is 1.87. The van der Waals surface area contributed by atoms with Gasteiger partial charge in [0.1, 0.15) is 12.4 Å². The Morgan fingerprint density at radius 2 is 1.34 bits per heavy atom. The lowest BCUT2D eigenvalue weighted by Gasteiger charge is -2.23. The molecular weight excluding hydrogens is 366 g/mol. The second-order valence-electron chi connectivity index (χ2n) is 6.80. The molecule has 152 valence electrons. The largest absolute Gasteiger partial charge is 0.493 e. The molecule has 29 heavy (non-hydrogen) atoms. The fourth-order valence-corrected chi connectivity index (χ4v) is 3.19. The van der Waals surface area contributed by atoms with Crippen molar-refractivity contribution in [1.29, 1.82) is 0 Å². The van der Waals surface area contributed by atoms with Crippen molar-refractivity contribution < 1.29 is 19.3 Å². The van der Waals surface area contributed by atoms with Gasteiger partial charge in [-0.3, -0.25) is 0 Å². The van der Waals surface area contributed by atoms with Gasteiger partial charge >= 0.3 is 0 Å². The van der Waals surface area contributed by atoms with Crippen LogP contribution in [0.25, 0.3) is 0 Å². The van der Waals surface area contributed by atoms with Crippen LogP contribution in [-0.2, 0) is 13.0 Å². The Morgan fingerprint density at radius 1 is 0.793 bits per heavy atom. The third-order valence-electron chi connectivity index (χ3n) is 4.81. The van der Waals surface area contributed by atoms with E-state index in [4.69, 9.17) is 19.9 Å². The van der Waals surface area contributed by atoms with E-state index >= 15 is 0 Å². The molecular formula is C24H27NO4. The number of methoxy groups -OCH3 is 2. The van der Waals surface area contributed by atoms with Gasteiger partial charge in [-0.25, -0.2) is 0 Å². The van der Waals surface area contributed by atoms with E-state index in [2.05, 4.69) is 0 Å². The second-order valence-corrected chi connectivity index (χ2v) is 6.80. The summed E-state index contributed by atoms with van der Waals surface area (Å²) in [5.41, 5.74) is 9.16. The smallest absolute Gasteiger partial charge is 0.164 e. The van der Waals surface area contributed by atoms with Crippen molar-refractivity contribution in [3.8, 4) is 17.2 Å². The minimum atomic E-state index is -0.783. The van der Waals surface area contributed by atoms with E-state index in [0.29, 0.717) is 35.8 Å². The summed E-state index contributed by atoms with van der Waals surface area (Å²) in [5, 5.41) is 10.8. The molecule has 2 atom stereocenters. The van der Waals surface area contributed by atoms with E-state index in [0.717, 1.165) is 11.1 Å². The van der Waals surface area contributed by atoms with Crippen LogP contribution in [0.2, 0.25) is 0 Å². The predicted octanol–water partition coefficient (Wildman–Crippen LogP) is 3.89. The summed E-state index contributed by atoms with van der Waals surface area (Å²) in [7, 11) is 3.14. The van der Waals surface area contributed by atoms with Gasteiger partial charge in [0.15, 0.2) is 11.5 Å². The summed E-state index contributed by atoms with van der Waals surface area (Å²) in [6.07, 6.45) is -0.344. The van der Waals surface area contributed by atoms with Gasteiger partial charge in [-0.1, -0.05) is 60.7 Å². The van der Waals surface area contributed by atoms with E-state index in [9.17, 15) is 5.11 Å². The number of hydrogen-bond donors (Lipinski definition) is 2. The predicted molar refractivity (Wildman–Crippen MR) is 113 cm³/mol. The van der Waals surface area contributed by atoms with Gasteiger partial charge < -0.3 is 25.1 Å². The molecule has 0 aliphatic heterocycles. The average molecular weight is 393 g/mol. The first-order chi connectivity index (χ1) is 14.1. The Hall–Kier alpha value is -3.02. The van der Waals surface area contributed by atoms with E-state index in [1.807, 2.05) is 60.7 Å². The first-order valence-corrected chi connectivity index (χ1v) is 9.52. The van der Waals surface area contributed by atoms with Crippen LogP contribution in [0.5, 0.6) is 17.2 Å². The molecule has 0 aliphatic rings. The lowest BCUT2D eigenvalue weighted by atomic mass is 9.95. The highest BCUT2D eigenvalue weighted by Gasteiger charge is 2.24. The normalized spacial score (nSPS) is 12.8. The first-order valence-electron chi connectivity index (χ1n) is 9.52. The molecule has 0 bridgehead atoms. The van der Waals surface area contributed by atoms with Crippen molar-refractivity contribution in [2.24, 2.45) is 5.73 Å². The number of nitrogens with two attached hydrogens (primary N) is 1. The van der Waals surface area contributed by atoms with E-state index < -0.39 is 12.1 Å². The van der Waals surface area contributed by atoms with Crippen molar-refractivity contribution in [2.45, 2.75) is 25.2 Å². The maximum absolute atomic E-state index is 10.8. The van der Waals surface area contributed by atoms with Crippen molar-refractivity contribution in [1.82, 2.24) is 0 Å². The Bertz CT molecular complexity index is 900. The molecule has 0 spiro atoms. The number of rotatable bonds is 9. The molecule has 5 nitrogen and oxygen atoms in total. The van der Waals surface area contributed by atoms with Crippen molar-refractivity contribution in [3.63, 3.8) is 0 Å². The molecule has 3 aromatic carbocycles. The highest BCUT2D eigenvalue weighted by atomic mass is 16.5. The molecule has 0 radical (unpaired) electrons. The fraction of sp³-hybridized carbons (Fsp3) is 0.250. The Labute approximate surface area is 171 Å². The van der Waals surface area contributed by atoms with Crippen LogP contribution in [-0.4, -0.2) is 25.4 Å². The van der Waals surface area contributed by atoms with Crippen molar-refractivity contribution in [3.05, 3.63) is 89.5 Å². The zero-order valence-corrected chi connectivity index (χ0v) is 16.7. The molecule has 0 aliphatic carbocycles. The molecule has 3 aromatic rings. The van der Waals surface area contributed by atoms with Crippen LogP contribution in [0, 0.1) is 0 Å². The zero-order valence-electron chi connectivity index (χ0n) is 16.7. The molecule has 0 aromatic heterocycles. The minimum absolute atomic E-state index is 0.380. The molecule has 0 unspecified atom stereocenters. The molecule has 0 saturated heterocycles. The summed E-state index contributed by atoms with van der Waals surface area (Å²) >= 11 is 0. The summed E-state index contributed by atoms with van der Waals surface area (Å²) in [5.74, 6) is 1.65. The van der Waals surface area contributed by atoms with Crippen molar-refractivity contribution >= 4 is 0 Å². The van der Waals surface area contributed by atoms with Crippen LogP contribution in [0.15, 0.2) is 72.8 Å². The van der Waals surface area contributed by atoms with Crippen LogP contribution >= 0.6 is 0 Å². The molecule has 3 N–H and O–H groups in total. The number of benzene rings is 3. The van der Waals surface area contributed by atoms with Gasteiger partial charge in [0.25, 0.3) is 0 Å². The lowest BCUT2D eigenvalue weighted by Crippen LogP contribution is -2.28. The summed E-state index contributed by atoms with van der Waals surface area (Å²) in [6, 6.07) is 22.5. The van der Waals surface area contributed by atoms with Gasteiger partial charge in [-0.2, -0.15) is 0 Å².